The average molecular weight is 294 g/mol. The zero-order valence-electron chi connectivity index (χ0n) is 11.9. The summed E-state index contributed by atoms with van der Waals surface area (Å²) in [5.74, 6) is -0.611. The molecule has 0 radical (unpaired) electrons. The van der Waals surface area contributed by atoms with Gasteiger partial charge in [-0.3, -0.25) is 10.00 Å². The Morgan fingerprint density at radius 2 is 2.05 bits per heavy atom. The molecule has 1 unspecified atom stereocenters. The topological polar surface area (TPSA) is 59.0 Å². The Hall–Kier alpha value is -2.44. The van der Waals surface area contributed by atoms with Crippen LogP contribution in [0.3, 0.4) is 0 Å². The summed E-state index contributed by atoms with van der Waals surface area (Å²) in [5, 5.41) is 9.24. The van der Waals surface area contributed by atoms with Crippen LogP contribution in [0.4, 0.5) is 19.4 Å². The molecule has 0 aliphatic rings. The minimum Gasteiger partial charge on any atom is -0.331 e. The summed E-state index contributed by atoms with van der Waals surface area (Å²) < 4.78 is 28.3. The molecule has 0 aliphatic heterocycles. The number of urea groups is 1. The second kappa shape index (κ2) is 5.90. The molecule has 0 fully saturated rings. The van der Waals surface area contributed by atoms with E-state index in [2.05, 4.69) is 15.7 Å². The largest absolute Gasteiger partial charge is 0.331 e. The van der Waals surface area contributed by atoms with Crippen LogP contribution < -0.4 is 10.6 Å². The highest BCUT2D eigenvalue weighted by molar-refractivity contribution is 5.88. The Balaban J connectivity index is 2.05. The van der Waals surface area contributed by atoms with Crippen LogP contribution in [0.15, 0.2) is 24.3 Å². The van der Waals surface area contributed by atoms with Gasteiger partial charge in [0.2, 0.25) is 0 Å². The van der Waals surface area contributed by atoms with Crippen LogP contribution in [0.5, 0.6) is 0 Å². The Bertz CT molecular complexity index is 669. The third-order valence-electron chi connectivity index (χ3n) is 3.02. The highest BCUT2D eigenvalue weighted by Gasteiger charge is 2.15. The van der Waals surface area contributed by atoms with Crippen molar-refractivity contribution in [1.29, 1.82) is 0 Å². The van der Waals surface area contributed by atoms with Gasteiger partial charge in [0.05, 0.1) is 11.7 Å². The van der Waals surface area contributed by atoms with Gasteiger partial charge in [-0.25, -0.2) is 13.6 Å². The van der Waals surface area contributed by atoms with Crippen LogP contribution in [0.25, 0.3) is 0 Å². The number of anilines is 1. The van der Waals surface area contributed by atoms with Crippen molar-refractivity contribution in [3.05, 3.63) is 47.2 Å². The summed E-state index contributed by atoms with van der Waals surface area (Å²) in [6.45, 7) is 3.37. The fourth-order valence-electron chi connectivity index (χ4n) is 2.00. The molecule has 0 saturated heterocycles. The number of rotatable bonds is 3. The second-order valence-electron chi connectivity index (χ2n) is 4.78. The maximum absolute atomic E-state index is 13.6. The van der Waals surface area contributed by atoms with Crippen molar-refractivity contribution >= 4 is 11.8 Å². The molecule has 0 bridgehead atoms. The third kappa shape index (κ3) is 3.56. The standard InChI is InChI=1S/C14H16F2N4O/c1-8-6-13(20(3)19-8)18-14(21)17-9(2)11-7-10(15)4-5-12(11)16/h4-7,9H,1-3H3,(H2,17,18,21). The van der Waals surface area contributed by atoms with Gasteiger partial charge >= 0.3 is 6.03 Å². The molecule has 1 atom stereocenters. The number of amides is 2. The Morgan fingerprint density at radius 1 is 1.33 bits per heavy atom. The van der Waals surface area contributed by atoms with Crippen molar-refractivity contribution < 1.29 is 13.6 Å². The highest BCUT2D eigenvalue weighted by atomic mass is 19.1. The first-order valence-corrected chi connectivity index (χ1v) is 6.40. The van der Waals surface area contributed by atoms with E-state index in [1.54, 1.807) is 27.0 Å². The normalized spacial score (nSPS) is 12.0. The third-order valence-corrected chi connectivity index (χ3v) is 3.02. The van der Waals surface area contributed by atoms with E-state index in [4.69, 9.17) is 0 Å². The van der Waals surface area contributed by atoms with Gasteiger partial charge in [0.15, 0.2) is 0 Å². The van der Waals surface area contributed by atoms with E-state index in [9.17, 15) is 13.6 Å². The minimum absolute atomic E-state index is 0.0892. The van der Waals surface area contributed by atoms with Crippen molar-refractivity contribution in [2.75, 3.05) is 5.32 Å². The summed E-state index contributed by atoms with van der Waals surface area (Å²) in [5.41, 5.74) is 0.850. The molecule has 0 aliphatic carbocycles. The molecule has 1 heterocycles. The number of benzene rings is 1. The van der Waals surface area contributed by atoms with Crippen LogP contribution >= 0.6 is 0 Å². The molecule has 2 amide bonds. The first-order chi connectivity index (χ1) is 9.86. The van der Waals surface area contributed by atoms with E-state index >= 15 is 0 Å². The fraction of sp³-hybridized carbons (Fsp3) is 0.286. The molecule has 7 heteroatoms. The number of aromatic nitrogens is 2. The molecule has 2 rings (SSSR count). The molecule has 0 spiro atoms. The molecule has 2 N–H and O–H groups in total. The van der Waals surface area contributed by atoms with E-state index in [0.29, 0.717) is 5.82 Å². The zero-order valence-corrected chi connectivity index (χ0v) is 11.9. The van der Waals surface area contributed by atoms with Crippen molar-refractivity contribution in [1.82, 2.24) is 15.1 Å². The Kier molecular flexibility index (Phi) is 4.21. The first kappa shape index (κ1) is 15.0. The number of carbonyl (C=O) groups is 1. The van der Waals surface area contributed by atoms with Gasteiger partial charge in [-0.1, -0.05) is 0 Å². The van der Waals surface area contributed by atoms with Crippen molar-refractivity contribution in [2.24, 2.45) is 7.05 Å². The van der Waals surface area contributed by atoms with Gasteiger partial charge in [-0.2, -0.15) is 5.10 Å². The lowest BCUT2D eigenvalue weighted by Crippen LogP contribution is -2.32. The number of halogens is 2. The number of nitrogens with one attached hydrogen (secondary N) is 2. The van der Waals surface area contributed by atoms with Crippen LogP contribution in [0, 0.1) is 18.6 Å². The molecule has 2 aromatic rings. The molecular weight excluding hydrogens is 278 g/mol. The SMILES string of the molecule is Cc1cc(NC(=O)NC(C)c2cc(F)ccc2F)n(C)n1. The number of carbonyl (C=O) groups excluding carboxylic acids is 1. The maximum atomic E-state index is 13.6. The summed E-state index contributed by atoms with van der Waals surface area (Å²) in [7, 11) is 1.69. The second-order valence-corrected chi connectivity index (χ2v) is 4.78. The number of aryl methyl sites for hydroxylation is 2. The van der Waals surface area contributed by atoms with Gasteiger partial charge in [0.1, 0.15) is 17.5 Å². The van der Waals surface area contributed by atoms with Crippen molar-refractivity contribution in [2.45, 2.75) is 19.9 Å². The monoisotopic (exact) mass is 294 g/mol. The van der Waals surface area contributed by atoms with Gasteiger partial charge in [0.25, 0.3) is 0 Å². The highest BCUT2D eigenvalue weighted by Crippen LogP contribution is 2.18. The van der Waals surface area contributed by atoms with Crippen LogP contribution in [0.2, 0.25) is 0 Å². The van der Waals surface area contributed by atoms with E-state index < -0.39 is 23.7 Å². The predicted octanol–water partition coefficient (Wildman–Crippen LogP) is 2.89. The molecule has 21 heavy (non-hydrogen) atoms. The summed E-state index contributed by atoms with van der Waals surface area (Å²) in [6, 6.07) is 3.64. The quantitative estimate of drug-likeness (QED) is 0.914. The van der Waals surface area contributed by atoms with Gasteiger partial charge in [0, 0.05) is 18.7 Å². The van der Waals surface area contributed by atoms with Crippen molar-refractivity contribution in [3.63, 3.8) is 0 Å². The van der Waals surface area contributed by atoms with Gasteiger partial charge < -0.3 is 5.32 Å². The van der Waals surface area contributed by atoms with E-state index in [-0.39, 0.29) is 5.56 Å². The van der Waals surface area contributed by atoms with Crippen LogP contribution in [0.1, 0.15) is 24.2 Å². The summed E-state index contributed by atoms with van der Waals surface area (Å²) in [4.78, 5) is 11.9. The maximum Gasteiger partial charge on any atom is 0.320 e. The van der Waals surface area contributed by atoms with Crippen LogP contribution in [-0.2, 0) is 7.05 Å². The zero-order chi connectivity index (χ0) is 15.6. The molecule has 0 saturated carbocycles. The average Bonchev–Trinajstić information content (AvgIpc) is 2.70. The smallest absolute Gasteiger partial charge is 0.320 e. The summed E-state index contributed by atoms with van der Waals surface area (Å²) >= 11 is 0. The van der Waals surface area contributed by atoms with E-state index in [1.807, 2.05) is 0 Å². The van der Waals surface area contributed by atoms with Crippen LogP contribution in [-0.4, -0.2) is 15.8 Å². The number of nitrogens with zero attached hydrogens (tertiary/aromatic N) is 2. The lowest BCUT2D eigenvalue weighted by molar-refractivity contribution is 0.249. The van der Waals surface area contributed by atoms with E-state index in [0.717, 1.165) is 23.9 Å². The predicted molar refractivity (Wildman–Crippen MR) is 74.9 cm³/mol. The molecule has 5 nitrogen and oxygen atoms in total. The van der Waals surface area contributed by atoms with Crippen molar-refractivity contribution in [3.8, 4) is 0 Å². The Morgan fingerprint density at radius 3 is 2.67 bits per heavy atom. The van der Waals surface area contributed by atoms with Gasteiger partial charge in [-0.15, -0.1) is 0 Å². The first-order valence-electron chi connectivity index (χ1n) is 6.40. The fourth-order valence-corrected chi connectivity index (χ4v) is 2.00. The molecule has 112 valence electrons. The van der Waals surface area contributed by atoms with Gasteiger partial charge in [-0.05, 0) is 32.0 Å². The summed E-state index contributed by atoms with van der Waals surface area (Å²) in [6.07, 6.45) is 0. The van der Waals surface area contributed by atoms with E-state index in [1.165, 1.54) is 4.68 Å². The number of hydrogen-bond donors (Lipinski definition) is 2. The molecular formula is C14H16F2N4O. The molecule has 1 aromatic carbocycles. The molecule has 1 aromatic heterocycles. The number of hydrogen-bond acceptors (Lipinski definition) is 2. The Labute approximate surface area is 121 Å². The minimum atomic E-state index is -0.671. The lowest BCUT2D eigenvalue weighted by atomic mass is 10.1. The lowest BCUT2D eigenvalue weighted by Gasteiger charge is -2.15.